The first kappa shape index (κ1) is 14.1. The predicted octanol–water partition coefficient (Wildman–Crippen LogP) is 3.32. The maximum absolute atomic E-state index is 11.5. The monoisotopic (exact) mass is 336 g/mol. The molecular formula is C16H21BrN2O. The first-order chi connectivity index (χ1) is 9.56. The number of Topliss-reactive ketones (excluding diaryl/α,β-unsaturated/α-hetero) is 1. The van der Waals surface area contributed by atoms with Crippen LogP contribution in [0.25, 0.3) is 0 Å². The lowest BCUT2D eigenvalue weighted by Crippen LogP contribution is -2.36. The van der Waals surface area contributed by atoms with Gasteiger partial charge in [0.15, 0.2) is 5.78 Å². The van der Waals surface area contributed by atoms with Gasteiger partial charge in [-0.15, -0.1) is 0 Å². The standard InChI is InChI=1S/C16H21BrN2O/c1-11(20)15-6-5-13(9-16(15)17)19-8-7-12-3-4-14(10-19)18(12)2/h5-6,9,12,14H,3-4,7-8,10H2,1-2H3. The molecule has 2 unspecified atom stereocenters. The molecule has 0 aliphatic carbocycles. The van der Waals surface area contributed by atoms with Gasteiger partial charge in [0, 0.05) is 40.9 Å². The normalized spacial score (nSPS) is 26.6. The highest BCUT2D eigenvalue weighted by molar-refractivity contribution is 9.10. The smallest absolute Gasteiger partial charge is 0.160 e. The molecule has 1 aromatic rings. The molecule has 2 aliphatic rings. The Morgan fingerprint density at radius 2 is 2.00 bits per heavy atom. The van der Waals surface area contributed by atoms with E-state index in [1.54, 1.807) is 6.92 Å². The highest BCUT2D eigenvalue weighted by atomic mass is 79.9. The number of ketones is 1. The van der Waals surface area contributed by atoms with Gasteiger partial charge >= 0.3 is 0 Å². The van der Waals surface area contributed by atoms with E-state index < -0.39 is 0 Å². The molecule has 2 fully saturated rings. The topological polar surface area (TPSA) is 23.6 Å². The fourth-order valence-electron chi connectivity index (χ4n) is 3.53. The van der Waals surface area contributed by atoms with E-state index in [2.05, 4.69) is 44.9 Å². The average Bonchev–Trinajstić information content (AvgIpc) is 2.62. The summed E-state index contributed by atoms with van der Waals surface area (Å²) in [5, 5.41) is 0. The van der Waals surface area contributed by atoms with Crippen LogP contribution in [0.2, 0.25) is 0 Å². The zero-order valence-electron chi connectivity index (χ0n) is 12.1. The lowest BCUT2D eigenvalue weighted by Gasteiger charge is -2.28. The maximum Gasteiger partial charge on any atom is 0.160 e. The Balaban J connectivity index is 1.83. The van der Waals surface area contributed by atoms with Crippen LogP contribution < -0.4 is 4.90 Å². The van der Waals surface area contributed by atoms with Crippen LogP contribution in [0.5, 0.6) is 0 Å². The lowest BCUT2D eigenvalue weighted by atomic mass is 10.1. The Morgan fingerprint density at radius 1 is 1.25 bits per heavy atom. The summed E-state index contributed by atoms with van der Waals surface area (Å²) < 4.78 is 0.908. The van der Waals surface area contributed by atoms with Gasteiger partial charge in [-0.25, -0.2) is 0 Å². The van der Waals surface area contributed by atoms with Gasteiger partial charge in [-0.2, -0.15) is 0 Å². The predicted molar refractivity (Wildman–Crippen MR) is 85.5 cm³/mol. The van der Waals surface area contributed by atoms with Crippen molar-refractivity contribution in [2.75, 3.05) is 25.0 Å². The first-order valence-corrected chi connectivity index (χ1v) is 8.13. The molecule has 3 nitrogen and oxygen atoms in total. The van der Waals surface area contributed by atoms with Gasteiger partial charge < -0.3 is 4.90 Å². The van der Waals surface area contributed by atoms with Gasteiger partial charge in [-0.05, 0) is 67.4 Å². The van der Waals surface area contributed by atoms with Crippen molar-refractivity contribution in [1.82, 2.24) is 4.90 Å². The second-order valence-corrected chi connectivity index (χ2v) is 6.86. The molecule has 0 aromatic heterocycles. The molecule has 0 radical (unpaired) electrons. The van der Waals surface area contributed by atoms with Gasteiger partial charge in [0.2, 0.25) is 0 Å². The van der Waals surface area contributed by atoms with Gasteiger partial charge in [0.25, 0.3) is 0 Å². The number of hydrogen-bond acceptors (Lipinski definition) is 3. The Bertz CT molecular complexity index is 531. The molecule has 0 amide bonds. The maximum atomic E-state index is 11.5. The van der Waals surface area contributed by atoms with Crippen molar-refractivity contribution in [1.29, 1.82) is 0 Å². The number of carbonyl (C=O) groups is 1. The van der Waals surface area contributed by atoms with Crippen molar-refractivity contribution in [3.05, 3.63) is 28.2 Å². The summed E-state index contributed by atoms with van der Waals surface area (Å²) in [5.74, 6) is 0.109. The van der Waals surface area contributed by atoms with Crippen molar-refractivity contribution in [2.45, 2.75) is 38.3 Å². The fourth-order valence-corrected chi connectivity index (χ4v) is 4.18. The van der Waals surface area contributed by atoms with Crippen molar-refractivity contribution in [3.63, 3.8) is 0 Å². The minimum atomic E-state index is 0.109. The van der Waals surface area contributed by atoms with Crippen LogP contribution in [-0.2, 0) is 0 Å². The van der Waals surface area contributed by atoms with E-state index >= 15 is 0 Å². The first-order valence-electron chi connectivity index (χ1n) is 7.33. The third-order valence-corrected chi connectivity index (χ3v) is 5.50. The molecule has 4 heteroatoms. The molecular weight excluding hydrogens is 316 g/mol. The Labute approximate surface area is 129 Å². The van der Waals surface area contributed by atoms with Crippen LogP contribution in [0.4, 0.5) is 5.69 Å². The lowest BCUT2D eigenvalue weighted by molar-refractivity contribution is 0.101. The highest BCUT2D eigenvalue weighted by Crippen LogP contribution is 2.32. The quantitative estimate of drug-likeness (QED) is 0.774. The van der Waals surface area contributed by atoms with E-state index in [1.807, 2.05) is 6.07 Å². The molecule has 20 heavy (non-hydrogen) atoms. The summed E-state index contributed by atoms with van der Waals surface area (Å²) in [5.41, 5.74) is 1.99. The summed E-state index contributed by atoms with van der Waals surface area (Å²) in [6, 6.07) is 7.55. The molecule has 108 valence electrons. The molecule has 1 aromatic carbocycles. The molecule has 2 heterocycles. The molecule has 0 saturated carbocycles. The van der Waals surface area contributed by atoms with Crippen LogP contribution in [-0.4, -0.2) is 42.9 Å². The van der Waals surface area contributed by atoms with E-state index in [4.69, 9.17) is 0 Å². The Morgan fingerprint density at radius 3 is 2.70 bits per heavy atom. The van der Waals surface area contributed by atoms with E-state index in [1.165, 1.54) is 24.9 Å². The van der Waals surface area contributed by atoms with Crippen LogP contribution >= 0.6 is 15.9 Å². The molecule has 0 spiro atoms. The molecule has 3 rings (SSSR count). The van der Waals surface area contributed by atoms with Gasteiger partial charge in [0.05, 0.1) is 0 Å². The molecule has 0 N–H and O–H groups in total. The zero-order chi connectivity index (χ0) is 14.3. The summed E-state index contributed by atoms with van der Waals surface area (Å²) in [6.45, 7) is 3.82. The summed E-state index contributed by atoms with van der Waals surface area (Å²) in [4.78, 5) is 16.5. The van der Waals surface area contributed by atoms with Crippen molar-refractivity contribution in [3.8, 4) is 0 Å². The molecule has 2 bridgehead atoms. The van der Waals surface area contributed by atoms with Crippen LogP contribution in [0.3, 0.4) is 0 Å². The van der Waals surface area contributed by atoms with Gasteiger partial charge in [-0.1, -0.05) is 0 Å². The van der Waals surface area contributed by atoms with Crippen LogP contribution in [0, 0.1) is 0 Å². The summed E-state index contributed by atoms with van der Waals surface area (Å²) in [7, 11) is 2.26. The zero-order valence-corrected chi connectivity index (χ0v) is 13.7. The van der Waals surface area contributed by atoms with E-state index in [9.17, 15) is 4.79 Å². The Kier molecular flexibility index (Phi) is 3.87. The second-order valence-electron chi connectivity index (χ2n) is 6.01. The third kappa shape index (κ3) is 2.51. The number of carbonyl (C=O) groups excluding carboxylic acids is 1. The van der Waals surface area contributed by atoms with Crippen molar-refractivity contribution in [2.24, 2.45) is 0 Å². The number of halogens is 1. The number of fused-ring (bicyclic) bond motifs is 2. The fraction of sp³-hybridized carbons (Fsp3) is 0.562. The third-order valence-electron chi connectivity index (χ3n) is 4.85. The summed E-state index contributed by atoms with van der Waals surface area (Å²) >= 11 is 3.53. The number of rotatable bonds is 2. The van der Waals surface area contributed by atoms with Gasteiger partial charge in [-0.3, -0.25) is 9.69 Å². The number of likely N-dealkylation sites (N-methyl/N-ethyl adjacent to an activating group) is 1. The molecule has 2 aliphatic heterocycles. The largest absolute Gasteiger partial charge is 0.370 e. The second kappa shape index (κ2) is 5.49. The van der Waals surface area contributed by atoms with E-state index in [0.29, 0.717) is 6.04 Å². The van der Waals surface area contributed by atoms with Crippen LogP contribution in [0.15, 0.2) is 22.7 Å². The highest BCUT2D eigenvalue weighted by Gasteiger charge is 2.34. The van der Waals surface area contributed by atoms with Crippen LogP contribution in [0.1, 0.15) is 36.5 Å². The van der Waals surface area contributed by atoms with E-state index in [-0.39, 0.29) is 5.78 Å². The number of nitrogens with zero attached hydrogens (tertiary/aromatic N) is 2. The number of benzene rings is 1. The average molecular weight is 337 g/mol. The minimum Gasteiger partial charge on any atom is -0.370 e. The SMILES string of the molecule is CC(=O)c1ccc(N2CCC3CCC(C2)N3C)cc1Br. The number of hydrogen-bond donors (Lipinski definition) is 0. The Hall–Kier alpha value is -0.870. The van der Waals surface area contributed by atoms with Gasteiger partial charge in [0.1, 0.15) is 0 Å². The number of anilines is 1. The molecule has 2 saturated heterocycles. The minimum absolute atomic E-state index is 0.109. The van der Waals surface area contributed by atoms with E-state index in [0.717, 1.165) is 29.2 Å². The van der Waals surface area contributed by atoms with Crippen molar-refractivity contribution < 1.29 is 4.79 Å². The summed E-state index contributed by atoms with van der Waals surface area (Å²) in [6.07, 6.45) is 3.89. The van der Waals surface area contributed by atoms with Crippen molar-refractivity contribution >= 4 is 27.4 Å². The molecule has 2 atom stereocenters.